The Labute approximate surface area is 195 Å². The minimum atomic E-state index is -0.808. The SMILES string of the molecule is COc1ccc(C(=O)N2CC[C@]3(O)CCCC[C@@H]3[C@@H]2c2cc(OC)ccc2OC)c(OC)c1. The molecule has 2 aromatic rings. The molecule has 3 atom stereocenters. The van der Waals surface area contributed by atoms with E-state index >= 15 is 0 Å². The van der Waals surface area contributed by atoms with Crippen LogP contribution in [0, 0.1) is 5.92 Å². The highest BCUT2D eigenvalue weighted by Crippen LogP contribution is 2.52. The molecule has 0 unspecified atom stereocenters. The summed E-state index contributed by atoms with van der Waals surface area (Å²) in [5, 5.41) is 11.6. The first kappa shape index (κ1) is 23.2. The maximum Gasteiger partial charge on any atom is 0.258 e. The minimum Gasteiger partial charge on any atom is -0.497 e. The van der Waals surface area contributed by atoms with Gasteiger partial charge in [-0.2, -0.15) is 0 Å². The van der Waals surface area contributed by atoms with Crippen LogP contribution in [0.1, 0.15) is 54.1 Å². The molecule has 0 aromatic heterocycles. The number of amides is 1. The third kappa shape index (κ3) is 4.22. The summed E-state index contributed by atoms with van der Waals surface area (Å²) in [7, 11) is 6.37. The summed E-state index contributed by atoms with van der Waals surface area (Å²) in [5.74, 6) is 2.20. The van der Waals surface area contributed by atoms with Gasteiger partial charge in [-0.25, -0.2) is 0 Å². The molecular weight excluding hydrogens is 422 g/mol. The quantitative estimate of drug-likeness (QED) is 0.703. The molecule has 0 bridgehead atoms. The average Bonchev–Trinajstić information content (AvgIpc) is 2.86. The van der Waals surface area contributed by atoms with Crippen LogP contribution in [0.2, 0.25) is 0 Å². The second kappa shape index (κ2) is 9.51. The largest absolute Gasteiger partial charge is 0.497 e. The first-order chi connectivity index (χ1) is 16.0. The Bertz CT molecular complexity index is 1010. The van der Waals surface area contributed by atoms with Gasteiger partial charge in [0.15, 0.2) is 0 Å². The van der Waals surface area contributed by atoms with E-state index in [0.29, 0.717) is 41.5 Å². The van der Waals surface area contributed by atoms with Gasteiger partial charge in [0.1, 0.15) is 23.0 Å². The van der Waals surface area contributed by atoms with Crippen molar-refractivity contribution in [3.63, 3.8) is 0 Å². The maximum absolute atomic E-state index is 13.9. The fourth-order valence-electron chi connectivity index (χ4n) is 5.49. The Morgan fingerprint density at radius 1 is 0.909 bits per heavy atom. The number of benzene rings is 2. The van der Waals surface area contributed by atoms with Crippen molar-refractivity contribution in [1.29, 1.82) is 0 Å². The van der Waals surface area contributed by atoms with Gasteiger partial charge in [0.2, 0.25) is 0 Å². The van der Waals surface area contributed by atoms with Crippen molar-refractivity contribution in [1.82, 2.24) is 4.90 Å². The molecule has 7 nitrogen and oxygen atoms in total. The number of nitrogens with zero attached hydrogens (tertiary/aromatic N) is 1. The molecule has 1 amide bonds. The van der Waals surface area contributed by atoms with E-state index in [9.17, 15) is 9.90 Å². The van der Waals surface area contributed by atoms with Crippen LogP contribution in [-0.4, -0.2) is 56.5 Å². The number of methoxy groups -OCH3 is 4. The lowest BCUT2D eigenvalue weighted by Crippen LogP contribution is -2.56. The number of carbonyl (C=O) groups excluding carboxylic acids is 1. The third-order valence-electron chi connectivity index (χ3n) is 7.22. The molecule has 178 valence electrons. The van der Waals surface area contributed by atoms with E-state index < -0.39 is 5.60 Å². The zero-order valence-electron chi connectivity index (χ0n) is 19.8. The average molecular weight is 456 g/mol. The van der Waals surface area contributed by atoms with Gasteiger partial charge in [-0.3, -0.25) is 4.79 Å². The topological polar surface area (TPSA) is 77.5 Å². The van der Waals surface area contributed by atoms with E-state index in [2.05, 4.69) is 0 Å². The van der Waals surface area contributed by atoms with Crippen molar-refractivity contribution in [3.8, 4) is 23.0 Å². The Morgan fingerprint density at radius 3 is 2.30 bits per heavy atom. The zero-order valence-corrected chi connectivity index (χ0v) is 19.8. The van der Waals surface area contributed by atoms with Gasteiger partial charge in [-0.05, 0) is 49.6 Å². The molecule has 2 aromatic carbocycles. The molecular formula is C26H33NO6. The molecule has 1 aliphatic heterocycles. The van der Waals surface area contributed by atoms with Crippen LogP contribution in [0.4, 0.5) is 0 Å². The van der Waals surface area contributed by atoms with Gasteiger partial charge < -0.3 is 29.0 Å². The maximum atomic E-state index is 13.9. The van der Waals surface area contributed by atoms with E-state index in [0.717, 1.165) is 31.2 Å². The van der Waals surface area contributed by atoms with Crippen molar-refractivity contribution in [2.75, 3.05) is 35.0 Å². The van der Waals surface area contributed by atoms with Crippen LogP contribution in [0.25, 0.3) is 0 Å². The van der Waals surface area contributed by atoms with Crippen molar-refractivity contribution in [2.24, 2.45) is 5.92 Å². The van der Waals surface area contributed by atoms with Crippen LogP contribution in [0.5, 0.6) is 23.0 Å². The summed E-state index contributed by atoms with van der Waals surface area (Å²) in [6, 6.07) is 10.5. The summed E-state index contributed by atoms with van der Waals surface area (Å²) < 4.78 is 22.0. The number of piperidine rings is 1. The van der Waals surface area contributed by atoms with Gasteiger partial charge in [0, 0.05) is 24.1 Å². The van der Waals surface area contributed by atoms with Crippen molar-refractivity contribution >= 4 is 5.91 Å². The molecule has 4 rings (SSSR count). The predicted molar refractivity (Wildman–Crippen MR) is 124 cm³/mol. The third-order valence-corrected chi connectivity index (χ3v) is 7.22. The lowest BCUT2D eigenvalue weighted by atomic mass is 9.66. The molecule has 1 saturated carbocycles. The second-order valence-corrected chi connectivity index (χ2v) is 8.82. The van der Waals surface area contributed by atoms with Crippen LogP contribution < -0.4 is 18.9 Å². The number of likely N-dealkylation sites (tertiary alicyclic amines) is 1. The highest BCUT2D eigenvalue weighted by Gasteiger charge is 2.51. The number of carbonyl (C=O) groups is 1. The summed E-state index contributed by atoms with van der Waals surface area (Å²) in [6.45, 7) is 0.437. The summed E-state index contributed by atoms with van der Waals surface area (Å²) >= 11 is 0. The second-order valence-electron chi connectivity index (χ2n) is 8.82. The van der Waals surface area contributed by atoms with Gasteiger partial charge in [0.05, 0.1) is 45.6 Å². The van der Waals surface area contributed by atoms with Gasteiger partial charge >= 0.3 is 0 Å². The van der Waals surface area contributed by atoms with Crippen molar-refractivity contribution in [2.45, 2.75) is 43.7 Å². The number of rotatable bonds is 6. The Kier molecular flexibility index (Phi) is 6.70. The molecule has 0 radical (unpaired) electrons. The number of hydrogen-bond donors (Lipinski definition) is 1. The number of fused-ring (bicyclic) bond motifs is 1. The molecule has 7 heteroatoms. The van der Waals surface area contributed by atoms with Crippen LogP contribution in [0.15, 0.2) is 36.4 Å². The van der Waals surface area contributed by atoms with Gasteiger partial charge in [0.25, 0.3) is 5.91 Å². The molecule has 2 aliphatic rings. The summed E-state index contributed by atoms with van der Waals surface area (Å²) in [4.78, 5) is 15.8. The highest BCUT2D eigenvalue weighted by molar-refractivity contribution is 5.97. The minimum absolute atomic E-state index is 0.103. The molecule has 1 saturated heterocycles. The van der Waals surface area contributed by atoms with Crippen LogP contribution in [0.3, 0.4) is 0 Å². The fraction of sp³-hybridized carbons (Fsp3) is 0.500. The van der Waals surface area contributed by atoms with Gasteiger partial charge in [-0.15, -0.1) is 0 Å². The number of hydrogen-bond acceptors (Lipinski definition) is 6. The Morgan fingerprint density at radius 2 is 1.61 bits per heavy atom. The predicted octanol–water partition coefficient (Wildman–Crippen LogP) is 4.23. The highest BCUT2D eigenvalue weighted by atomic mass is 16.5. The lowest BCUT2D eigenvalue weighted by Gasteiger charge is -2.52. The Hall–Kier alpha value is -2.93. The smallest absolute Gasteiger partial charge is 0.258 e. The van der Waals surface area contributed by atoms with Crippen LogP contribution in [-0.2, 0) is 0 Å². The normalized spacial score (nSPS) is 24.6. The number of ether oxygens (including phenoxy) is 4. The van der Waals surface area contributed by atoms with E-state index in [1.165, 1.54) is 0 Å². The standard InChI is InChI=1S/C26H33NO6/c1-30-17-9-11-22(32-3)20(15-17)24-21-7-5-6-12-26(21,29)13-14-27(24)25(28)19-10-8-18(31-2)16-23(19)33-4/h8-11,15-16,21,24,29H,5-7,12-14H2,1-4H3/t21-,24+,26-/m1/s1. The van der Waals surface area contributed by atoms with Crippen molar-refractivity contribution in [3.05, 3.63) is 47.5 Å². The van der Waals surface area contributed by atoms with E-state index in [1.54, 1.807) is 46.6 Å². The van der Waals surface area contributed by atoms with E-state index in [1.807, 2.05) is 23.1 Å². The number of aliphatic hydroxyl groups is 1. The lowest BCUT2D eigenvalue weighted by molar-refractivity contribution is -0.115. The molecule has 1 aliphatic carbocycles. The monoisotopic (exact) mass is 455 g/mol. The molecule has 1 heterocycles. The zero-order chi connectivity index (χ0) is 23.6. The molecule has 2 fully saturated rings. The van der Waals surface area contributed by atoms with Gasteiger partial charge in [-0.1, -0.05) is 12.8 Å². The van der Waals surface area contributed by atoms with Crippen LogP contribution >= 0.6 is 0 Å². The van der Waals surface area contributed by atoms with E-state index in [-0.39, 0.29) is 17.9 Å². The summed E-state index contributed by atoms with van der Waals surface area (Å²) in [6.07, 6.45) is 4.14. The molecule has 33 heavy (non-hydrogen) atoms. The Balaban J connectivity index is 1.83. The summed E-state index contributed by atoms with van der Waals surface area (Å²) in [5.41, 5.74) is 0.506. The first-order valence-corrected chi connectivity index (χ1v) is 11.4. The molecule has 1 N–H and O–H groups in total. The molecule has 0 spiro atoms. The van der Waals surface area contributed by atoms with Crippen molar-refractivity contribution < 1.29 is 28.8 Å². The first-order valence-electron chi connectivity index (χ1n) is 11.4. The van der Waals surface area contributed by atoms with E-state index in [4.69, 9.17) is 18.9 Å². The fourth-order valence-corrected chi connectivity index (χ4v) is 5.49.